The van der Waals surface area contributed by atoms with Crippen molar-refractivity contribution in [2.24, 2.45) is 0 Å². The van der Waals surface area contributed by atoms with E-state index in [0.29, 0.717) is 0 Å². The molecular formula is C17H18N2O. The van der Waals surface area contributed by atoms with E-state index >= 15 is 0 Å². The molecule has 0 fully saturated rings. The molecule has 0 saturated heterocycles. The van der Waals surface area contributed by atoms with Gasteiger partial charge in [-0.2, -0.15) is 0 Å². The lowest BCUT2D eigenvalue weighted by atomic mass is 10.1. The minimum atomic E-state index is 0.0361. The lowest BCUT2D eigenvalue weighted by Crippen LogP contribution is -2.26. The van der Waals surface area contributed by atoms with Crippen LogP contribution in [0, 0.1) is 6.92 Å². The van der Waals surface area contributed by atoms with E-state index in [-0.39, 0.29) is 5.91 Å². The van der Waals surface area contributed by atoms with Crippen LogP contribution in [0.4, 0.5) is 11.4 Å². The number of fused-ring (bicyclic) bond motifs is 1. The number of para-hydroxylation sites is 1. The molecule has 1 heterocycles. The van der Waals surface area contributed by atoms with E-state index in [1.165, 1.54) is 5.56 Å². The van der Waals surface area contributed by atoms with Crippen LogP contribution in [-0.2, 0) is 6.42 Å². The number of hydrogen-bond donors (Lipinski definition) is 1. The summed E-state index contributed by atoms with van der Waals surface area (Å²) in [7, 11) is 1.83. The summed E-state index contributed by atoms with van der Waals surface area (Å²) in [4.78, 5) is 14.3. The molecule has 1 aliphatic heterocycles. The Labute approximate surface area is 119 Å². The molecule has 0 saturated carbocycles. The molecule has 1 N–H and O–H groups in total. The number of anilines is 2. The van der Waals surface area contributed by atoms with Gasteiger partial charge in [-0.1, -0.05) is 18.2 Å². The van der Waals surface area contributed by atoms with Crippen LogP contribution in [0.15, 0.2) is 42.5 Å². The second-order valence-electron chi connectivity index (χ2n) is 5.20. The van der Waals surface area contributed by atoms with Gasteiger partial charge in [0.25, 0.3) is 5.91 Å². The van der Waals surface area contributed by atoms with Crippen LogP contribution >= 0.6 is 0 Å². The molecule has 0 bridgehead atoms. The lowest BCUT2D eigenvalue weighted by Gasteiger charge is -2.20. The summed E-state index contributed by atoms with van der Waals surface area (Å²) in [6.07, 6.45) is 0.991. The largest absolute Gasteiger partial charge is 0.384 e. The molecule has 1 amide bonds. The van der Waals surface area contributed by atoms with Gasteiger partial charge in [0.15, 0.2) is 0 Å². The molecular weight excluding hydrogens is 248 g/mol. The van der Waals surface area contributed by atoms with Crippen LogP contribution in [0.1, 0.15) is 21.5 Å². The van der Waals surface area contributed by atoms with Crippen molar-refractivity contribution in [2.45, 2.75) is 13.3 Å². The minimum Gasteiger partial charge on any atom is -0.384 e. The van der Waals surface area contributed by atoms with Gasteiger partial charge in [-0.15, -0.1) is 0 Å². The normalized spacial score (nSPS) is 12.7. The SMILES string of the molecule is Cc1ccccc1N(C)C(=O)c1ccc2c(c1)CCN2. The van der Waals surface area contributed by atoms with Gasteiger partial charge in [0.2, 0.25) is 0 Å². The van der Waals surface area contributed by atoms with E-state index in [1.54, 1.807) is 4.90 Å². The third-order valence-corrected chi connectivity index (χ3v) is 3.84. The first-order chi connectivity index (χ1) is 9.66. The second kappa shape index (κ2) is 5.00. The Morgan fingerprint density at radius 1 is 1.20 bits per heavy atom. The molecule has 0 aliphatic carbocycles. The Morgan fingerprint density at radius 3 is 2.80 bits per heavy atom. The second-order valence-corrected chi connectivity index (χ2v) is 5.20. The van der Waals surface area contributed by atoms with Crippen molar-refractivity contribution in [3.63, 3.8) is 0 Å². The fraction of sp³-hybridized carbons (Fsp3) is 0.235. The van der Waals surface area contributed by atoms with Crippen molar-refractivity contribution in [1.82, 2.24) is 0 Å². The van der Waals surface area contributed by atoms with Crippen LogP contribution in [0.2, 0.25) is 0 Å². The fourth-order valence-corrected chi connectivity index (χ4v) is 2.68. The Kier molecular flexibility index (Phi) is 3.18. The molecule has 1 aliphatic rings. The summed E-state index contributed by atoms with van der Waals surface area (Å²) in [5.74, 6) is 0.0361. The molecule has 0 unspecified atom stereocenters. The number of rotatable bonds is 2. The predicted octanol–water partition coefficient (Wildman–Crippen LogP) is 3.24. The topological polar surface area (TPSA) is 32.3 Å². The van der Waals surface area contributed by atoms with Crippen LogP contribution < -0.4 is 10.2 Å². The molecule has 0 radical (unpaired) electrons. The fourth-order valence-electron chi connectivity index (χ4n) is 2.68. The molecule has 102 valence electrons. The van der Waals surface area contributed by atoms with Crippen LogP contribution in [-0.4, -0.2) is 19.5 Å². The zero-order valence-electron chi connectivity index (χ0n) is 11.8. The van der Waals surface area contributed by atoms with Crippen molar-refractivity contribution in [2.75, 3.05) is 23.8 Å². The highest BCUT2D eigenvalue weighted by molar-refractivity contribution is 6.06. The van der Waals surface area contributed by atoms with Crippen molar-refractivity contribution >= 4 is 17.3 Å². The number of nitrogens with zero attached hydrogens (tertiary/aromatic N) is 1. The molecule has 3 nitrogen and oxygen atoms in total. The number of aryl methyl sites for hydroxylation is 1. The summed E-state index contributed by atoms with van der Waals surface area (Å²) in [5, 5.41) is 3.31. The monoisotopic (exact) mass is 266 g/mol. The van der Waals surface area contributed by atoms with Crippen LogP contribution in [0.5, 0.6) is 0 Å². The number of benzene rings is 2. The summed E-state index contributed by atoms with van der Waals surface area (Å²) in [6.45, 7) is 2.98. The zero-order chi connectivity index (χ0) is 14.1. The quantitative estimate of drug-likeness (QED) is 0.905. The summed E-state index contributed by atoms with van der Waals surface area (Å²) >= 11 is 0. The molecule has 3 heteroatoms. The van der Waals surface area contributed by atoms with Crippen LogP contribution in [0.3, 0.4) is 0 Å². The molecule has 0 spiro atoms. The van der Waals surface area contributed by atoms with Gasteiger partial charge in [0.1, 0.15) is 0 Å². The van der Waals surface area contributed by atoms with Crippen molar-refractivity contribution in [3.05, 3.63) is 59.2 Å². The lowest BCUT2D eigenvalue weighted by molar-refractivity contribution is 0.0993. The van der Waals surface area contributed by atoms with Gasteiger partial charge in [0, 0.05) is 30.5 Å². The molecule has 0 atom stereocenters. The van der Waals surface area contributed by atoms with E-state index < -0.39 is 0 Å². The number of carbonyl (C=O) groups excluding carboxylic acids is 1. The van der Waals surface area contributed by atoms with E-state index in [0.717, 1.165) is 35.5 Å². The third-order valence-electron chi connectivity index (χ3n) is 3.84. The van der Waals surface area contributed by atoms with Crippen molar-refractivity contribution in [1.29, 1.82) is 0 Å². The Morgan fingerprint density at radius 2 is 2.00 bits per heavy atom. The van der Waals surface area contributed by atoms with Gasteiger partial charge < -0.3 is 10.2 Å². The van der Waals surface area contributed by atoms with Gasteiger partial charge >= 0.3 is 0 Å². The first-order valence-electron chi connectivity index (χ1n) is 6.87. The summed E-state index contributed by atoms with van der Waals surface area (Å²) in [5.41, 5.74) is 5.19. The van der Waals surface area contributed by atoms with Gasteiger partial charge in [-0.25, -0.2) is 0 Å². The summed E-state index contributed by atoms with van der Waals surface area (Å²) in [6, 6.07) is 13.8. The highest BCUT2D eigenvalue weighted by atomic mass is 16.2. The maximum Gasteiger partial charge on any atom is 0.258 e. The Bertz CT molecular complexity index is 664. The average Bonchev–Trinajstić information content (AvgIpc) is 2.93. The number of carbonyl (C=O) groups is 1. The molecule has 0 aromatic heterocycles. The summed E-state index contributed by atoms with van der Waals surface area (Å²) < 4.78 is 0. The van der Waals surface area contributed by atoms with Gasteiger partial charge in [0.05, 0.1) is 0 Å². The molecule has 2 aromatic rings. The van der Waals surface area contributed by atoms with E-state index in [4.69, 9.17) is 0 Å². The van der Waals surface area contributed by atoms with Gasteiger partial charge in [-0.3, -0.25) is 4.79 Å². The minimum absolute atomic E-state index is 0.0361. The number of hydrogen-bond acceptors (Lipinski definition) is 2. The molecule has 20 heavy (non-hydrogen) atoms. The van der Waals surface area contributed by atoms with Crippen molar-refractivity contribution in [3.8, 4) is 0 Å². The highest BCUT2D eigenvalue weighted by Crippen LogP contribution is 2.25. The molecule has 3 rings (SSSR count). The van der Waals surface area contributed by atoms with E-state index in [1.807, 2.05) is 56.4 Å². The average molecular weight is 266 g/mol. The first-order valence-corrected chi connectivity index (χ1v) is 6.87. The first kappa shape index (κ1) is 12.7. The smallest absolute Gasteiger partial charge is 0.258 e. The Hall–Kier alpha value is -2.29. The van der Waals surface area contributed by atoms with Crippen LogP contribution in [0.25, 0.3) is 0 Å². The maximum absolute atomic E-state index is 12.6. The van der Waals surface area contributed by atoms with Gasteiger partial charge in [-0.05, 0) is 48.7 Å². The Balaban J connectivity index is 1.91. The zero-order valence-corrected chi connectivity index (χ0v) is 11.8. The maximum atomic E-state index is 12.6. The van der Waals surface area contributed by atoms with E-state index in [9.17, 15) is 4.79 Å². The molecule has 2 aromatic carbocycles. The predicted molar refractivity (Wildman–Crippen MR) is 82.5 cm³/mol. The standard InChI is InChI=1S/C17H18N2O/c1-12-5-3-4-6-16(12)19(2)17(20)14-7-8-15-13(11-14)9-10-18-15/h3-8,11,18H,9-10H2,1-2H3. The number of amides is 1. The highest BCUT2D eigenvalue weighted by Gasteiger charge is 2.17. The number of nitrogens with one attached hydrogen (secondary N) is 1. The van der Waals surface area contributed by atoms with Crippen molar-refractivity contribution < 1.29 is 4.79 Å². The third kappa shape index (κ3) is 2.16. The van der Waals surface area contributed by atoms with E-state index in [2.05, 4.69) is 5.32 Å².